The normalized spacial score (nSPS) is 16.0. The van der Waals surface area contributed by atoms with Gasteiger partial charge in [-0.25, -0.2) is 0 Å². The van der Waals surface area contributed by atoms with E-state index in [9.17, 15) is 0 Å². The third-order valence-electron chi connectivity index (χ3n) is 9.24. The molecule has 1 aliphatic heterocycles. The fourth-order valence-electron chi connectivity index (χ4n) is 6.13. The molecule has 0 unspecified atom stereocenters. The van der Waals surface area contributed by atoms with E-state index in [1.54, 1.807) is 0 Å². The monoisotopic (exact) mass is 561 g/mol. The first-order chi connectivity index (χ1) is 20.8. The minimum absolute atomic E-state index is 0.404. The zero-order valence-electron chi connectivity index (χ0n) is 24.8. The lowest BCUT2D eigenvalue weighted by Crippen LogP contribution is -2.41. The average Bonchev–Trinajstić information content (AvgIpc) is 3.48. The van der Waals surface area contributed by atoms with Gasteiger partial charge in [0, 0.05) is 27.8 Å². The van der Waals surface area contributed by atoms with Gasteiger partial charge in [0.05, 0.1) is 11.2 Å². The third-order valence-corrected chi connectivity index (χ3v) is 9.24. The Labute approximate surface area is 251 Å². The van der Waals surface area contributed by atoms with Crippen LogP contribution in [0.4, 0.5) is 17.1 Å². The molecule has 7 aromatic rings. The van der Waals surface area contributed by atoms with Gasteiger partial charge in [-0.1, -0.05) is 72.8 Å². The Kier molecular flexibility index (Phi) is 5.74. The van der Waals surface area contributed by atoms with Gasteiger partial charge in [0.2, 0.25) is 0 Å². The molecule has 0 amide bonds. The Hall–Kier alpha value is -4.58. The molecule has 2 heterocycles. The van der Waals surface area contributed by atoms with Crippen molar-refractivity contribution in [2.45, 2.75) is 38.9 Å². The number of furan rings is 1. The molecule has 5 heteroatoms. The van der Waals surface area contributed by atoms with Crippen LogP contribution < -0.4 is 10.4 Å². The van der Waals surface area contributed by atoms with Gasteiger partial charge >= 0.3 is 7.12 Å². The summed E-state index contributed by atoms with van der Waals surface area (Å²) in [6.07, 6.45) is 0. The van der Waals surface area contributed by atoms with E-state index in [-0.39, 0.29) is 0 Å². The summed E-state index contributed by atoms with van der Waals surface area (Å²) in [5, 5.41) is 6.94. The molecule has 0 N–H and O–H groups in total. The summed E-state index contributed by atoms with van der Waals surface area (Å²) in [6.45, 7) is 8.33. The van der Waals surface area contributed by atoms with E-state index in [1.165, 1.54) is 21.5 Å². The molecule has 6 aromatic carbocycles. The first kappa shape index (κ1) is 26.1. The van der Waals surface area contributed by atoms with Crippen LogP contribution >= 0.6 is 0 Å². The van der Waals surface area contributed by atoms with Crippen LogP contribution in [-0.2, 0) is 9.31 Å². The zero-order chi connectivity index (χ0) is 29.3. The Morgan fingerprint density at radius 1 is 0.488 bits per heavy atom. The SMILES string of the molecule is CC1(C)OB(c2ccc3oc4ccc(N(c5ccc6ccccc6c5)c5ccc6ccccc6c5)cc4c3c2)OC1(C)C. The number of rotatable bonds is 4. The lowest BCUT2D eigenvalue weighted by Gasteiger charge is -2.32. The van der Waals surface area contributed by atoms with E-state index in [0.717, 1.165) is 44.5 Å². The van der Waals surface area contributed by atoms with E-state index in [0.29, 0.717) is 0 Å². The van der Waals surface area contributed by atoms with Crippen molar-refractivity contribution < 1.29 is 13.7 Å². The van der Waals surface area contributed by atoms with E-state index < -0.39 is 18.3 Å². The van der Waals surface area contributed by atoms with Crippen molar-refractivity contribution in [1.29, 1.82) is 0 Å². The van der Waals surface area contributed by atoms with Crippen LogP contribution in [0.1, 0.15) is 27.7 Å². The quantitative estimate of drug-likeness (QED) is 0.201. The maximum absolute atomic E-state index is 6.37. The van der Waals surface area contributed by atoms with Gasteiger partial charge < -0.3 is 18.6 Å². The predicted octanol–water partition coefficient (Wildman–Crippen LogP) is 9.66. The molecule has 210 valence electrons. The number of nitrogens with zero attached hydrogens (tertiary/aromatic N) is 1. The van der Waals surface area contributed by atoms with Crippen LogP contribution in [0.2, 0.25) is 0 Å². The van der Waals surface area contributed by atoms with Crippen LogP contribution in [0.25, 0.3) is 43.5 Å². The maximum atomic E-state index is 6.37. The topological polar surface area (TPSA) is 34.8 Å². The molecule has 43 heavy (non-hydrogen) atoms. The van der Waals surface area contributed by atoms with Crippen molar-refractivity contribution in [1.82, 2.24) is 0 Å². The number of hydrogen-bond acceptors (Lipinski definition) is 4. The minimum atomic E-state index is -0.436. The summed E-state index contributed by atoms with van der Waals surface area (Å²) >= 11 is 0. The highest BCUT2D eigenvalue weighted by atomic mass is 16.7. The highest BCUT2D eigenvalue weighted by Crippen LogP contribution is 2.41. The van der Waals surface area contributed by atoms with Gasteiger partial charge in [0.1, 0.15) is 11.2 Å². The summed E-state index contributed by atoms with van der Waals surface area (Å²) < 4.78 is 19.1. The molecule has 0 spiro atoms. The van der Waals surface area contributed by atoms with Crippen LogP contribution in [0.15, 0.2) is 126 Å². The second kappa shape index (κ2) is 9.47. The fraction of sp³-hybridized carbons (Fsp3) is 0.158. The molecule has 1 aromatic heterocycles. The lowest BCUT2D eigenvalue weighted by molar-refractivity contribution is 0.00578. The molecule has 0 aliphatic carbocycles. The van der Waals surface area contributed by atoms with Crippen molar-refractivity contribution in [2.24, 2.45) is 0 Å². The van der Waals surface area contributed by atoms with E-state index in [1.807, 2.05) is 12.1 Å². The van der Waals surface area contributed by atoms with Crippen LogP contribution in [0.5, 0.6) is 0 Å². The molecular formula is C38H32BNO3. The molecule has 1 aliphatic rings. The second-order valence-electron chi connectivity index (χ2n) is 12.5. The van der Waals surface area contributed by atoms with Gasteiger partial charge in [-0.05, 0) is 103 Å². The molecule has 1 fully saturated rings. The second-order valence-corrected chi connectivity index (χ2v) is 12.5. The standard InChI is InChI=1S/C38H32BNO3/c1-37(2)38(3,4)43-39(42-37)29-15-19-35-33(23-29)34-24-32(18-20-36(34)41-35)40(30-16-13-25-9-5-7-11-27(25)21-30)31-17-14-26-10-6-8-12-28(26)22-31/h5-24H,1-4H3. The Bertz CT molecular complexity index is 2080. The lowest BCUT2D eigenvalue weighted by atomic mass is 9.78. The summed E-state index contributed by atoms with van der Waals surface area (Å²) in [4.78, 5) is 2.33. The molecule has 0 atom stereocenters. The molecule has 0 radical (unpaired) electrons. The van der Waals surface area contributed by atoms with Crippen molar-refractivity contribution in [3.63, 3.8) is 0 Å². The molecule has 0 saturated carbocycles. The number of hydrogen-bond donors (Lipinski definition) is 0. The molecule has 1 saturated heterocycles. The largest absolute Gasteiger partial charge is 0.494 e. The zero-order valence-corrected chi connectivity index (χ0v) is 24.8. The van der Waals surface area contributed by atoms with Crippen molar-refractivity contribution in [3.8, 4) is 0 Å². The minimum Gasteiger partial charge on any atom is -0.456 e. The summed E-state index contributed by atoms with van der Waals surface area (Å²) in [7, 11) is -0.436. The number of anilines is 3. The first-order valence-corrected chi connectivity index (χ1v) is 14.9. The summed E-state index contributed by atoms with van der Waals surface area (Å²) in [5.41, 5.74) is 5.12. The summed E-state index contributed by atoms with van der Waals surface area (Å²) in [5.74, 6) is 0. The number of benzene rings is 6. The predicted molar refractivity (Wildman–Crippen MR) is 179 cm³/mol. The van der Waals surface area contributed by atoms with Crippen molar-refractivity contribution >= 4 is 73.1 Å². The van der Waals surface area contributed by atoms with Gasteiger partial charge in [0.25, 0.3) is 0 Å². The van der Waals surface area contributed by atoms with Crippen molar-refractivity contribution in [2.75, 3.05) is 4.90 Å². The number of fused-ring (bicyclic) bond motifs is 5. The third kappa shape index (κ3) is 4.31. The van der Waals surface area contributed by atoms with Crippen LogP contribution in [0, 0.1) is 0 Å². The van der Waals surface area contributed by atoms with E-state index in [4.69, 9.17) is 13.7 Å². The average molecular weight is 561 g/mol. The molecule has 0 bridgehead atoms. The maximum Gasteiger partial charge on any atom is 0.494 e. The van der Waals surface area contributed by atoms with Gasteiger partial charge in [-0.3, -0.25) is 0 Å². The van der Waals surface area contributed by atoms with Gasteiger partial charge in [-0.2, -0.15) is 0 Å². The van der Waals surface area contributed by atoms with E-state index >= 15 is 0 Å². The fourth-order valence-corrected chi connectivity index (χ4v) is 6.13. The Balaban J connectivity index is 1.29. The molecule has 4 nitrogen and oxygen atoms in total. The van der Waals surface area contributed by atoms with Gasteiger partial charge in [-0.15, -0.1) is 0 Å². The molecule has 8 rings (SSSR count). The molecular weight excluding hydrogens is 529 g/mol. The summed E-state index contributed by atoms with van der Waals surface area (Å²) in [6, 6.07) is 43.0. The van der Waals surface area contributed by atoms with Crippen molar-refractivity contribution in [3.05, 3.63) is 121 Å². The van der Waals surface area contributed by atoms with E-state index in [2.05, 4.69) is 142 Å². The first-order valence-electron chi connectivity index (χ1n) is 14.9. The van der Waals surface area contributed by atoms with Gasteiger partial charge in [0.15, 0.2) is 0 Å². The Morgan fingerprint density at radius 2 is 0.953 bits per heavy atom. The Morgan fingerprint density at radius 3 is 1.53 bits per heavy atom. The highest BCUT2D eigenvalue weighted by molar-refractivity contribution is 6.62. The van der Waals surface area contributed by atoms with Crippen LogP contribution in [-0.4, -0.2) is 18.3 Å². The smallest absolute Gasteiger partial charge is 0.456 e. The van der Waals surface area contributed by atoms with Crippen LogP contribution in [0.3, 0.4) is 0 Å². The highest BCUT2D eigenvalue weighted by Gasteiger charge is 2.51.